The van der Waals surface area contributed by atoms with Crippen LogP contribution in [0.1, 0.15) is 53.3 Å². The zero-order chi connectivity index (χ0) is 25.4. The van der Waals surface area contributed by atoms with Crippen LogP contribution in [0.3, 0.4) is 0 Å². The molecule has 1 aliphatic carbocycles. The number of carbonyl (C=O) groups is 1. The monoisotopic (exact) mass is 514 g/mol. The SMILES string of the molecule is N#CC1=C(c2ccc(C3CC3)s2)CC(c2ccc(OCCCC(F)(F)F)cc2)(C(F)(F)F)NC1=O. The zero-order valence-corrected chi connectivity index (χ0v) is 19.0. The number of amides is 1. The molecule has 1 atom stereocenters. The molecule has 1 saturated carbocycles. The Kier molecular flexibility index (Phi) is 6.62. The van der Waals surface area contributed by atoms with Crippen molar-refractivity contribution in [2.75, 3.05) is 6.61 Å². The van der Waals surface area contributed by atoms with Crippen LogP contribution < -0.4 is 10.1 Å². The summed E-state index contributed by atoms with van der Waals surface area (Å²) in [4.78, 5) is 14.2. The number of benzene rings is 1. The van der Waals surface area contributed by atoms with Gasteiger partial charge < -0.3 is 10.1 Å². The average molecular weight is 514 g/mol. The summed E-state index contributed by atoms with van der Waals surface area (Å²) in [5.74, 6) is -0.635. The highest BCUT2D eigenvalue weighted by Crippen LogP contribution is 2.51. The van der Waals surface area contributed by atoms with Crippen molar-refractivity contribution >= 4 is 22.8 Å². The van der Waals surface area contributed by atoms with Gasteiger partial charge in [0.25, 0.3) is 5.91 Å². The molecule has 0 radical (unpaired) electrons. The van der Waals surface area contributed by atoms with E-state index in [0.717, 1.165) is 29.9 Å². The van der Waals surface area contributed by atoms with Crippen LogP contribution in [0.15, 0.2) is 42.0 Å². The van der Waals surface area contributed by atoms with Crippen molar-refractivity contribution in [1.29, 1.82) is 5.26 Å². The van der Waals surface area contributed by atoms with Gasteiger partial charge in [0.05, 0.1) is 6.61 Å². The van der Waals surface area contributed by atoms with E-state index in [9.17, 15) is 36.4 Å². The van der Waals surface area contributed by atoms with Gasteiger partial charge in [-0.05, 0) is 60.6 Å². The summed E-state index contributed by atoms with van der Waals surface area (Å²) in [6.07, 6.45) is -9.20. The van der Waals surface area contributed by atoms with E-state index in [4.69, 9.17) is 4.74 Å². The van der Waals surface area contributed by atoms with Gasteiger partial charge in [0.1, 0.15) is 17.4 Å². The third-order valence-electron chi connectivity index (χ3n) is 6.02. The third kappa shape index (κ3) is 5.32. The van der Waals surface area contributed by atoms with Crippen LogP contribution in [0, 0.1) is 11.3 Å². The second-order valence-electron chi connectivity index (χ2n) is 8.57. The number of nitrogens with one attached hydrogen (secondary N) is 1. The Morgan fingerprint density at radius 3 is 2.34 bits per heavy atom. The van der Waals surface area contributed by atoms with Gasteiger partial charge >= 0.3 is 12.4 Å². The molecule has 1 aliphatic heterocycles. The molecule has 1 aromatic carbocycles. The number of thiophene rings is 1. The molecule has 0 spiro atoms. The smallest absolute Gasteiger partial charge is 0.416 e. The van der Waals surface area contributed by atoms with E-state index in [2.05, 4.69) is 0 Å². The molecule has 11 heteroatoms. The zero-order valence-electron chi connectivity index (χ0n) is 18.2. The Labute approximate surface area is 201 Å². The van der Waals surface area contributed by atoms with Crippen molar-refractivity contribution in [1.82, 2.24) is 5.32 Å². The minimum Gasteiger partial charge on any atom is -0.494 e. The fourth-order valence-corrected chi connectivity index (χ4v) is 5.26. The summed E-state index contributed by atoms with van der Waals surface area (Å²) >= 11 is 1.30. The molecule has 1 amide bonds. The van der Waals surface area contributed by atoms with Crippen LogP contribution in [0.25, 0.3) is 5.57 Å². The Hall–Kier alpha value is -3.00. The maximum atomic E-state index is 14.5. The predicted octanol–water partition coefficient (Wildman–Crippen LogP) is 6.60. The number of alkyl halides is 6. The van der Waals surface area contributed by atoms with Gasteiger partial charge in [-0.1, -0.05) is 12.1 Å². The molecule has 1 aromatic heterocycles. The van der Waals surface area contributed by atoms with E-state index >= 15 is 0 Å². The van der Waals surface area contributed by atoms with E-state index in [1.165, 1.54) is 23.5 Å². The first-order chi connectivity index (χ1) is 16.4. The molecule has 4 rings (SSSR count). The predicted molar refractivity (Wildman–Crippen MR) is 117 cm³/mol. The van der Waals surface area contributed by atoms with Crippen molar-refractivity contribution in [2.24, 2.45) is 0 Å². The molecular weight excluding hydrogens is 494 g/mol. The molecule has 2 heterocycles. The number of ether oxygens (including phenoxy) is 1. The second-order valence-corrected chi connectivity index (χ2v) is 9.68. The first-order valence-corrected chi connectivity index (χ1v) is 11.7. The standard InChI is InChI=1S/C24H20F6N2O2S/c25-23(26,27)10-1-11-34-16-6-4-15(5-7-16)22(24(28,29)30)12-17(18(13-31)21(33)32-22)20-9-8-19(35-20)14-2-3-14/h4-9,14H,1-3,10-12H2,(H,32,33). The quantitative estimate of drug-likeness (QED) is 0.335. The maximum Gasteiger partial charge on any atom is 0.416 e. The number of hydrogen-bond acceptors (Lipinski definition) is 4. The lowest BCUT2D eigenvalue weighted by atomic mass is 9.78. The Balaban J connectivity index is 1.62. The molecule has 2 aliphatic rings. The Morgan fingerprint density at radius 2 is 1.77 bits per heavy atom. The van der Waals surface area contributed by atoms with Crippen LogP contribution in [0.5, 0.6) is 5.75 Å². The van der Waals surface area contributed by atoms with E-state index in [1.54, 1.807) is 12.1 Å². The van der Waals surface area contributed by atoms with Crippen molar-refractivity contribution in [2.45, 2.75) is 55.9 Å². The number of rotatable bonds is 7. The minimum absolute atomic E-state index is 0.0398. The van der Waals surface area contributed by atoms with E-state index in [-0.39, 0.29) is 35.5 Å². The number of nitriles is 1. The summed E-state index contributed by atoms with van der Waals surface area (Å²) < 4.78 is 85.6. The van der Waals surface area contributed by atoms with E-state index < -0.39 is 36.6 Å². The van der Waals surface area contributed by atoms with Crippen molar-refractivity contribution in [3.63, 3.8) is 0 Å². The highest BCUT2D eigenvalue weighted by molar-refractivity contribution is 7.13. The maximum absolute atomic E-state index is 14.5. The molecule has 1 fully saturated rings. The molecule has 4 nitrogen and oxygen atoms in total. The fraction of sp³-hybridized carbons (Fsp3) is 0.417. The van der Waals surface area contributed by atoms with Crippen LogP contribution >= 0.6 is 11.3 Å². The van der Waals surface area contributed by atoms with Crippen LogP contribution in [-0.4, -0.2) is 24.9 Å². The van der Waals surface area contributed by atoms with Crippen molar-refractivity contribution in [3.05, 3.63) is 57.3 Å². The Morgan fingerprint density at radius 1 is 1.09 bits per heavy atom. The summed E-state index contributed by atoms with van der Waals surface area (Å²) in [6, 6.07) is 9.94. The number of hydrogen-bond donors (Lipinski definition) is 1. The highest BCUT2D eigenvalue weighted by atomic mass is 32.1. The van der Waals surface area contributed by atoms with Gasteiger partial charge in [0.15, 0.2) is 5.54 Å². The third-order valence-corrected chi connectivity index (χ3v) is 7.33. The molecule has 186 valence electrons. The lowest BCUT2D eigenvalue weighted by Gasteiger charge is -2.40. The van der Waals surface area contributed by atoms with Crippen LogP contribution in [0.4, 0.5) is 26.3 Å². The fourth-order valence-electron chi connectivity index (χ4n) is 4.03. The number of halogens is 6. The van der Waals surface area contributed by atoms with Crippen molar-refractivity contribution < 1.29 is 35.9 Å². The Bertz CT molecular complexity index is 1170. The first-order valence-electron chi connectivity index (χ1n) is 10.9. The van der Waals surface area contributed by atoms with E-state index in [1.807, 2.05) is 11.4 Å². The summed E-state index contributed by atoms with van der Waals surface area (Å²) in [6.45, 7) is -0.250. The van der Waals surface area contributed by atoms with Gasteiger partial charge in [0.2, 0.25) is 0 Å². The molecule has 1 N–H and O–H groups in total. The van der Waals surface area contributed by atoms with Gasteiger partial charge in [-0.25, -0.2) is 0 Å². The number of nitrogens with zero attached hydrogens (tertiary/aromatic N) is 1. The molecular formula is C24H20F6N2O2S. The molecule has 2 aromatic rings. The molecule has 35 heavy (non-hydrogen) atoms. The average Bonchev–Trinajstić information content (AvgIpc) is 3.52. The summed E-state index contributed by atoms with van der Waals surface area (Å²) in [5, 5.41) is 11.5. The van der Waals surface area contributed by atoms with Crippen LogP contribution in [-0.2, 0) is 10.3 Å². The second kappa shape index (κ2) is 9.22. The van der Waals surface area contributed by atoms with Gasteiger partial charge in [-0.15, -0.1) is 11.3 Å². The summed E-state index contributed by atoms with van der Waals surface area (Å²) in [5.41, 5.74) is -3.36. The van der Waals surface area contributed by atoms with Crippen LogP contribution in [0.2, 0.25) is 0 Å². The lowest BCUT2D eigenvalue weighted by molar-refractivity contribution is -0.201. The van der Waals surface area contributed by atoms with Gasteiger partial charge in [-0.3, -0.25) is 4.79 Å². The van der Waals surface area contributed by atoms with Gasteiger partial charge in [-0.2, -0.15) is 31.6 Å². The topological polar surface area (TPSA) is 62.1 Å². The van der Waals surface area contributed by atoms with Crippen molar-refractivity contribution in [3.8, 4) is 11.8 Å². The van der Waals surface area contributed by atoms with Gasteiger partial charge in [0, 0.05) is 22.6 Å². The normalized spacial score (nSPS) is 21.0. The summed E-state index contributed by atoms with van der Waals surface area (Å²) in [7, 11) is 0. The largest absolute Gasteiger partial charge is 0.494 e. The molecule has 0 bridgehead atoms. The minimum atomic E-state index is -4.90. The lowest BCUT2D eigenvalue weighted by Crippen LogP contribution is -2.58. The highest BCUT2D eigenvalue weighted by Gasteiger charge is 2.59. The van der Waals surface area contributed by atoms with E-state index in [0.29, 0.717) is 10.8 Å². The molecule has 1 unspecified atom stereocenters. The molecule has 0 saturated heterocycles. The number of carbonyl (C=O) groups excluding carboxylic acids is 1. The first kappa shape index (κ1) is 25.1.